The first-order chi connectivity index (χ1) is 8.68. The van der Waals surface area contributed by atoms with E-state index < -0.39 is 0 Å². The molecule has 0 aromatic rings. The van der Waals surface area contributed by atoms with Gasteiger partial charge in [0.2, 0.25) is 11.8 Å². The number of likely N-dealkylation sites (N-methyl/N-ethyl adjacent to an activating group) is 1. The van der Waals surface area contributed by atoms with E-state index in [1.807, 2.05) is 4.90 Å². The molecule has 2 aliphatic rings. The first-order valence-corrected chi connectivity index (χ1v) is 6.92. The Morgan fingerprint density at radius 1 is 1.22 bits per heavy atom. The van der Waals surface area contributed by atoms with Gasteiger partial charge in [0.15, 0.2) is 0 Å². The van der Waals surface area contributed by atoms with Gasteiger partial charge in [-0.15, -0.1) is 0 Å². The molecule has 1 saturated heterocycles. The number of hydrogen-bond donors (Lipinski definition) is 1. The van der Waals surface area contributed by atoms with Gasteiger partial charge >= 0.3 is 0 Å². The van der Waals surface area contributed by atoms with Crippen LogP contribution in [0.3, 0.4) is 0 Å². The minimum absolute atomic E-state index is 0.0744. The van der Waals surface area contributed by atoms with Gasteiger partial charge in [-0.2, -0.15) is 0 Å². The SMILES string of the molecule is CN(CC(=O)N1CCNCC1)C(=O)C1CCCC1. The summed E-state index contributed by atoms with van der Waals surface area (Å²) in [4.78, 5) is 27.6. The number of carbonyl (C=O) groups excluding carboxylic acids is 2. The number of carbonyl (C=O) groups is 2. The Bertz CT molecular complexity index is 307. The summed E-state index contributed by atoms with van der Waals surface area (Å²) in [6.07, 6.45) is 4.28. The highest BCUT2D eigenvalue weighted by Gasteiger charge is 2.27. The quantitative estimate of drug-likeness (QED) is 0.774. The molecule has 0 aromatic heterocycles. The molecule has 1 heterocycles. The molecule has 2 fully saturated rings. The summed E-state index contributed by atoms with van der Waals surface area (Å²) in [5.41, 5.74) is 0. The van der Waals surface area contributed by atoms with Gasteiger partial charge in [0.25, 0.3) is 0 Å². The van der Waals surface area contributed by atoms with Gasteiger partial charge in [-0.25, -0.2) is 0 Å². The van der Waals surface area contributed by atoms with Crippen LogP contribution in [0.2, 0.25) is 0 Å². The first kappa shape index (κ1) is 13.3. The van der Waals surface area contributed by atoms with Gasteiger partial charge in [0, 0.05) is 39.1 Å². The minimum atomic E-state index is 0.0744. The second kappa shape index (κ2) is 6.18. The van der Waals surface area contributed by atoms with Crippen molar-refractivity contribution in [3.05, 3.63) is 0 Å². The van der Waals surface area contributed by atoms with Crippen LogP contribution in [0.25, 0.3) is 0 Å². The Hall–Kier alpha value is -1.10. The largest absolute Gasteiger partial charge is 0.339 e. The zero-order valence-electron chi connectivity index (χ0n) is 11.2. The van der Waals surface area contributed by atoms with E-state index in [2.05, 4.69) is 5.32 Å². The molecule has 102 valence electrons. The van der Waals surface area contributed by atoms with Crippen LogP contribution >= 0.6 is 0 Å². The summed E-state index contributed by atoms with van der Waals surface area (Å²) in [6.45, 7) is 3.45. The highest BCUT2D eigenvalue weighted by Crippen LogP contribution is 2.26. The van der Waals surface area contributed by atoms with Crippen molar-refractivity contribution in [2.45, 2.75) is 25.7 Å². The van der Waals surface area contributed by atoms with Crippen LogP contribution in [0.5, 0.6) is 0 Å². The smallest absolute Gasteiger partial charge is 0.242 e. The zero-order chi connectivity index (χ0) is 13.0. The summed E-state index contributed by atoms with van der Waals surface area (Å²) in [5.74, 6) is 0.382. The molecule has 2 rings (SSSR count). The molecule has 0 atom stereocenters. The molecule has 0 bridgehead atoms. The van der Waals surface area contributed by atoms with Crippen LogP contribution in [0.4, 0.5) is 0 Å². The van der Waals surface area contributed by atoms with Crippen molar-refractivity contribution in [2.75, 3.05) is 39.8 Å². The van der Waals surface area contributed by atoms with E-state index in [1.165, 1.54) is 0 Å². The van der Waals surface area contributed by atoms with Crippen LogP contribution < -0.4 is 5.32 Å². The number of amides is 2. The minimum Gasteiger partial charge on any atom is -0.339 e. The second-order valence-corrected chi connectivity index (χ2v) is 5.31. The van der Waals surface area contributed by atoms with E-state index in [0.29, 0.717) is 0 Å². The fourth-order valence-corrected chi connectivity index (χ4v) is 2.78. The molecule has 1 saturated carbocycles. The van der Waals surface area contributed by atoms with E-state index in [4.69, 9.17) is 0 Å². The van der Waals surface area contributed by atoms with Gasteiger partial charge < -0.3 is 15.1 Å². The summed E-state index contributed by atoms with van der Waals surface area (Å²) >= 11 is 0. The summed E-state index contributed by atoms with van der Waals surface area (Å²) in [7, 11) is 1.75. The molecule has 5 nitrogen and oxygen atoms in total. The lowest BCUT2D eigenvalue weighted by Crippen LogP contribution is -2.50. The Morgan fingerprint density at radius 2 is 1.83 bits per heavy atom. The van der Waals surface area contributed by atoms with Gasteiger partial charge in [0.1, 0.15) is 0 Å². The fourth-order valence-electron chi connectivity index (χ4n) is 2.78. The van der Waals surface area contributed by atoms with Crippen LogP contribution in [0, 0.1) is 5.92 Å². The van der Waals surface area contributed by atoms with Crippen molar-refractivity contribution in [3.8, 4) is 0 Å². The fraction of sp³-hybridized carbons (Fsp3) is 0.846. The van der Waals surface area contributed by atoms with Gasteiger partial charge in [-0.1, -0.05) is 12.8 Å². The molecule has 18 heavy (non-hydrogen) atoms. The predicted molar refractivity (Wildman–Crippen MR) is 69.0 cm³/mol. The molecule has 0 aromatic carbocycles. The monoisotopic (exact) mass is 253 g/mol. The van der Waals surface area contributed by atoms with E-state index >= 15 is 0 Å². The summed E-state index contributed by atoms with van der Waals surface area (Å²) in [5, 5.41) is 3.22. The Morgan fingerprint density at radius 3 is 2.44 bits per heavy atom. The van der Waals surface area contributed by atoms with E-state index in [0.717, 1.165) is 51.9 Å². The molecular weight excluding hydrogens is 230 g/mol. The van der Waals surface area contributed by atoms with Gasteiger partial charge in [-0.3, -0.25) is 9.59 Å². The number of nitrogens with zero attached hydrogens (tertiary/aromatic N) is 2. The topological polar surface area (TPSA) is 52.7 Å². The number of hydrogen-bond acceptors (Lipinski definition) is 3. The average Bonchev–Trinajstić information content (AvgIpc) is 2.92. The lowest BCUT2D eigenvalue weighted by atomic mass is 10.1. The highest BCUT2D eigenvalue weighted by molar-refractivity contribution is 5.86. The van der Waals surface area contributed by atoms with Crippen molar-refractivity contribution in [3.63, 3.8) is 0 Å². The molecule has 5 heteroatoms. The second-order valence-electron chi connectivity index (χ2n) is 5.31. The third-order valence-corrected chi connectivity index (χ3v) is 3.92. The molecule has 0 radical (unpaired) electrons. The zero-order valence-corrected chi connectivity index (χ0v) is 11.2. The molecule has 1 N–H and O–H groups in total. The van der Waals surface area contributed by atoms with Crippen molar-refractivity contribution in [1.29, 1.82) is 0 Å². The standard InChI is InChI=1S/C13H23N3O2/c1-15(13(18)11-4-2-3-5-11)10-12(17)16-8-6-14-7-9-16/h11,14H,2-10H2,1H3. The van der Waals surface area contributed by atoms with Crippen molar-refractivity contribution in [1.82, 2.24) is 15.1 Å². The summed E-state index contributed by atoms with van der Waals surface area (Å²) < 4.78 is 0. The average molecular weight is 253 g/mol. The molecule has 2 amide bonds. The predicted octanol–water partition coefficient (Wildman–Crippen LogP) is 0.0668. The van der Waals surface area contributed by atoms with Crippen molar-refractivity contribution in [2.24, 2.45) is 5.92 Å². The third-order valence-electron chi connectivity index (χ3n) is 3.92. The lowest BCUT2D eigenvalue weighted by Gasteiger charge is -2.29. The number of rotatable bonds is 3. The van der Waals surface area contributed by atoms with Crippen molar-refractivity contribution >= 4 is 11.8 Å². The molecule has 0 unspecified atom stereocenters. The Kier molecular flexibility index (Phi) is 4.58. The van der Waals surface area contributed by atoms with Crippen LogP contribution in [0.15, 0.2) is 0 Å². The molecular formula is C13H23N3O2. The normalized spacial score (nSPS) is 21.1. The molecule has 1 aliphatic carbocycles. The summed E-state index contributed by atoms with van der Waals surface area (Å²) in [6, 6.07) is 0. The Labute approximate surface area is 108 Å². The van der Waals surface area contributed by atoms with Crippen LogP contribution in [-0.2, 0) is 9.59 Å². The van der Waals surface area contributed by atoms with E-state index in [9.17, 15) is 9.59 Å². The third kappa shape index (κ3) is 3.22. The maximum atomic E-state index is 12.1. The van der Waals surface area contributed by atoms with Crippen LogP contribution in [0.1, 0.15) is 25.7 Å². The molecule has 0 spiro atoms. The van der Waals surface area contributed by atoms with Crippen LogP contribution in [-0.4, -0.2) is 61.4 Å². The lowest BCUT2D eigenvalue weighted by molar-refractivity contribution is -0.141. The first-order valence-electron chi connectivity index (χ1n) is 6.92. The number of nitrogens with one attached hydrogen (secondary N) is 1. The number of piperazine rings is 1. The van der Waals surface area contributed by atoms with E-state index in [-0.39, 0.29) is 24.3 Å². The maximum absolute atomic E-state index is 12.1. The van der Waals surface area contributed by atoms with Gasteiger partial charge in [-0.05, 0) is 12.8 Å². The van der Waals surface area contributed by atoms with Gasteiger partial charge in [0.05, 0.1) is 6.54 Å². The highest BCUT2D eigenvalue weighted by atomic mass is 16.2. The molecule has 1 aliphatic heterocycles. The Balaban J connectivity index is 1.80. The van der Waals surface area contributed by atoms with Crippen molar-refractivity contribution < 1.29 is 9.59 Å². The van der Waals surface area contributed by atoms with E-state index in [1.54, 1.807) is 11.9 Å². The maximum Gasteiger partial charge on any atom is 0.242 e.